The Labute approximate surface area is 119 Å². The highest BCUT2D eigenvalue weighted by molar-refractivity contribution is 5.88. The average molecular weight is 278 g/mol. The second-order valence-electron chi connectivity index (χ2n) is 5.76. The number of halogens is 1. The molecule has 1 amide bonds. The zero-order valence-electron chi connectivity index (χ0n) is 12.0. The molecule has 1 fully saturated rings. The van der Waals surface area contributed by atoms with Crippen molar-refractivity contribution < 1.29 is 9.18 Å². The van der Waals surface area contributed by atoms with Gasteiger partial charge in [0, 0.05) is 0 Å². The van der Waals surface area contributed by atoms with Gasteiger partial charge in [-0.2, -0.15) is 0 Å². The molecule has 0 radical (unpaired) electrons. The minimum Gasteiger partial charge on any atom is -0.369 e. The van der Waals surface area contributed by atoms with Gasteiger partial charge in [0.05, 0.1) is 5.69 Å². The van der Waals surface area contributed by atoms with Crippen molar-refractivity contribution >= 4 is 11.6 Å². The summed E-state index contributed by atoms with van der Waals surface area (Å²) in [5.41, 5.74) is 5.18. The third-order valence-electron chi connectivity index (χ3n) is 4.49. The van der Waals surface area contributed by atoms with Gasteiger partial charge in [-0.3, -0.25) is 4.79 Å². The summed E-state index contributed by atoms with van der Waals surface area (Å²) in [5.74, 6) is -0.0828. The quantitative estimate of drug-likeness (QED) is 0.829. The number of anilines is 1. The van der Waals surface area contributed by atoms with Crippen molar-refractivity contribution in [2.24, 2.45) is 11.7 Å². The van der Waals surface area contributed by atoms with Crippen LogP contribution >= 0.6 is 0 Å². The van der Waals surface area contributed by atoms with Crippen LogP contribution in [0.3, 0.4) is 0 Å². The van der Waals surface area contributed by atoms with E-state index in [9.17, 15) is 9.18 Å². The van der Waals surface area contributed by atoms with Crippen LogP contribution in [0.4, 0.5) is 10.1 Å². The van der Waals surface area contributed by atoms with E-state index in [2.05, 4.69) is 12.2 Å². The Balaban J connectivity index is 2.22. The van der Waals surface area contributed by atoms with E-state index < -0.39 is 5.54 Å². The van der Waals surface area contributed by atoms with Crippen molar-refractivity contribution in [1.29, 1.82) is 0 Å². The fourth-order valence-electron chi connectivity index (χ4n) is 3.07. The standard InChI is InChI=1S/C16H23FN2O/c1-2-12-6-5-10-16(11-9-12,15(18)20)19-14-8-4-3-7-13(14)17/h3-4,7-8,12,19H,2,5-6,9-11H2,1H3,(H2,18,20). The largest absolute Gasteiger partial charge is 0.369 e. The van der Waals surface area contributed by atoms with Crippen LogP contribution in [0.5, 0.6) is 0 Å². The monoisotopic (exact) mass is 278 g/mol. The first-order valence-electron chi connectivity index (χ1n) is 7.40. The summed E-state index contributed by atoms with van der Waals surface area (Å²) >= 11 is 0. The molecule has 0 spiro atoms. The van der Waals surface area contributed by atoms with Crippen molar-refractivity contribution in [3.63, 3.8) is 0 Å². The van der Waals surface area contributed by atoms with Crippen molar-refractivity contribution in [2.75, 3.05) is 5.32 Å². The summed E-state index contributed by atoms with van der Waals surface area (Å²) in [6.07, 6.45) is 5.49. The number of nitrogens with one attached hydrogen (secondary N) is 1. The van der Waals surface area contributed by atoms with E-state index in [-0.39, 0.29) is 11.7 Å². The van der Waals surface area contributed by atoms with Crippen LogP contribution in [-0.2, 0) is 4.79 Å². The number of benzene rings is 1. The highest BCUT2D eigenvalue weighted by Gasteiger charge is 2.38. The summed E-state index contributed by atoms with van der Waals surface area (Å²) in [6, 6.07) is 6.44. The lowest BCUT2D eigenvalue weighted by Gasteiger charge is -2.32. The van der Waals surface area contributed by atoms with Crippen LogP contribution in [0.25, 0.3) is 0 Å². The molecule has 20 heavy (non-hydrogen) atoms. The average Bonchev–Trinajstić information content (AvgIpc) is 2.65. The molecule has 1 aliphatic rings. The highest BCUT2D eigenvalue weighted by atomic mass is 19.1. The number of para-hydroxylation sites is 1. The molecule has 2 atom stereocenters. The number of amides is 1. The number of hydrogen-bond donors (Lipinski definition) is 2. The number of nitrogens with two attached hydrogens (primary N) is 1. The molecular weight excluding hydrogens is 255 g/mol. The maximum absolute atomic E-state index is 13.8. The van der Waals surface area contributed by atoms with Crippen LogP contribution < -0.4 is 11.1 Å². The summed E-state index contributed by atoms with van der Waals surface area (Å²) in [7, 11) is 0. The predicted octanol–water partition coefficient (Wildman–Crippen LogP) is 3.45. The lowest BCUT2D eigenvalue weighted by Crippen LogP contribution is -2.50. The molecule has 110 valence electrons. The number of carbonyl (C=O) groups excluding carboxylic acids is 1. The summed E-state index contributed by atoms with van der Waals surface area (Å²) in [4.78, 5) is 12.0. The SMILES string of the molecule is CCC1CCCC(Nc2ccccc2F)(C(N)=O)CC1. The maximum atomic E-state index is 13.8. The zero-order chi connectivity index (χ0) is 14.6. The molecule has 2 rings (SSSR count). The van der Waals surface area contributed by atoms with E-state index >= 15 is 0 Å². The summed E-state index contributed by atoms with van der Waals surface area (Å²) in [5, 5.41) is 3.10. The fourth-order valence-corrected chi connectivity index (χ4v) is 3.07. The second-order valence-corrected chi connectivity index (χ2v) is 5.76. The second kappa shape index (κ2) is 6.25. The first-order chi connectivity index (χ1) is 9.57. The molecule has 1 aliphatic carbocycles. The molecule has 0 saturated heterocycles. The van der Waals surface area contributed by atoms with Crippen molar-refractivity contribution in [2.45, 2.75) is 51.0 Å². The lowest BCUT2D eigenvalue weighted by atomic mass is 9.88. The van der Waals surface area contributed by atoms with Gasteiger partial charge in [-0.25, -0.2) is 4.39 Å². The topological polar surface area (TPSA) is 55.1 Å². The smallest absolute Gasteiger partial charge is 0.243 e. The fraction of sp³-hybridized carbons (Fsp3) is 0.562. The first kappa shape index (κ1) is 14.8. The van der Waals surface area contributed by atoms with Gasteiger partial charge in [0.1, 0.15) is 11.4 Å². The minimum absolute atomic E-state index is 0.343. The molecule has 1 saturated carbocycles. The van der Waals surface area contributed by atoms with Gasteiger partial charge in [-0.05, 0) is 37.3 Å². The van der Waals surface area contributed by atoms with Crippen LogP contribution in [0.15, 0.2) is 24.3 Å². The predicted molar refractivity (Wildman–Crippen MR) is 78.8 cm³/mol. The Morgan fingerprint density at radius 2 is 2.15 bits per heavy atom. The molecule has 2 unspecified atom stereocenters. The summed E-state index contributed by atoms with van der Waals surface area (Å²) in [6.45, 7) is 2.17. The van der Waals surface area contributed by atoms with E-state index in [1.807, 2.05) is 0 Å². The van der Waals surface area contributed by atoms with Gasteiger partial charge in [-0.1, -0.05) is 38.3 Å². The van der Waals surface area contributed by atoms with E-state index in [1.54, 1.807) is 18.2 Å². The van der Waals surface area contributed by atoms with E-state index in [0.717, 1.165) is 25.7 Å². The van der Waals surface area contributed by atoms with Gasteiger partial charge in [-0.15, -0.1) is 0 Å². The number of hydrogen-bond acceptors (Lipinski definition) is 2. The molecule has 0 aliphatic heterocycles. The molecule has 3 N–H and O–H groups in total. The third-order valence-corrected chi connectivity index (χ3v) is 4.49. The lowest BCUT2D eigenvalue weighted by molar-refractivity contribution is -0.122. The summed E-state index contributed by atoms with van der Waals surface area (Å²) < 4.78 is 13.8. The van der Waals surface area contributed by atoms with Gasteiger partial charge in [0.25, 0.3) is 0 Å². The molecule has 0 bridgehead atoms. The van der Waals surface area contributed by atoms with E-state index in [4.69, 9.17) is 5.73 Å². The molecule has 0 aromatic heterocycles. The number of primary amides is 1. The number of carbonyl (C=O) groups is 1. The van der Waals surface area contributed by atoms with Gasteiger partial charge < -0.3 is 11.1 Å². The molecule has 0 heterocycles. The Morgan fingerprint density at radius 1 is 1.40 bits per heavy atom. The van der Waals surface area contributed by atoms with Gasteiger partial charge in [0.2, 0.25) is 5.91 Å². The van der Waals surface area contributed by atoms with Crippen LogP contribution in [0, 0.1) is 11.7 Å². The Bertz CT molecular complexity index is 477. The third kappa shape index (κ3) is 3.11. The Hall–Kier alpha value is -1.58. The van der Waals surface area contributed by atoms with Crippen LogP contribution in [-0.4, -0.2) is 11.4 Å². The molecular formula is C16H23FN2O. The molecule has 1 aromatic rings. The molecule has 1 aromatic carbocycles. The van der Waals surface area contributed by atoms with Gasteiger partial charge in [0.15, 0.2) is 0 Å². The van der Waals surface area contributed by atoms with E-state index in [1.165, 1.54) is 6.07 Å². The minimum atomic E-state index is -0.813. The van der Waals surface area contributed by atoms with Gasteiger partial charge >= 0.3 is 0 Å². The van der Waals surface area contributed by atoms with Crippen molar-refractivity contribution in [3.05, 3.63) is 30.1 Å². The van der Waals surface area contributed by atoms with Crippen LogP contribution in [0.1, 0.15) is 45.4 Å². The highest BCUT2D eigenvalue weighted by Crippen LogP contribution is 2.34. The maximum Gasteiger partial charge on any atom is 0.243 e. The Morgan fingerprint density at radius 3 is 2.80 bits per heavy atom. The van der Waals surface area contributed by atoms with E-state index in [0.29, 0.717) is 24.4 Å². The molecule has 4 heteroatoms. The molecule has 3 nitrogen and oxygen atoms in total. The number of rotatable bonds is 4. The van der Waals surface area contributed by atoms with Crippen molar-refractivity contribution in [1.82, 2.24) is 0 Å². The van der Waals surface area contributed by atoms with Crippen molar-refractivity contribution in [3.8, 4) is 0 Å². The zero-order valence-corrected chi connectivity index (χ0v) is 12.0. The Kier molecular flexibility index (Phi) is 4.63. The first-order valence-corrected chi connectivity index (χ1v) is 7.40. The van der Waals surface area contributed by atoms with Crippen LogP contribution in [0.2, 0.25) is 0 Å². The normalized spacial score (nSPS) is 26.8.